The third kappa shape index (κ3) is 4.42. The number of guanidine groups is 1. The molecule has 1 aromatic carbocycles. The first-order chi connectivity index (χ1) is 11.9. The van der Waals surface area contributed by atoms with Gasteiger partial charge in [-0.15, -0.1) is 0 Å². The zero-order valence-electron chi connectivity index (χ0n) is 13.8. The first kappa shape index (κ1) is 18.0. The molecule has 2 heterocycles. The molecule has 0 aromatic heterocycles. The van der Waals surface area contributed by atoms with Crippen molar-refractivity contribution >= 4 is 46.7 Å². The molecule has 0 aliphatic carbocycles. The van der Waals surface area contributed by atoms with Crippen molar-refractivity contribution in [2.45, 2.75) is 12.5 Å². The number of piperazine rings is 1. The highest BCUT2D eigenvalue weighted by atomic mass is 35.5. The van der Waals surface area contributed by atoms with Gasteiger partial charge in [-0.25, -0.2) is 4.99 Å². The fourth-order valence-corrected chi connectivity index (χ4v) is 3.01. The van der Waals surface area contributed by atoms with Crippen LogP contribution in [0.5, 0.6) is 0 Å². The fourth-order valence-electron chi connectivity index (χ4n) is 2.71. The highest BCUT2D eigenvalue weighted by molar-refractivity contribution is 6.42. The van der Waals surface area contributed by atoms with Gasteiger partial charge < -0.3 is 15.1 Å². The number of halogens is 2. The van der Waals surface area contributed by atoms with Gasteiger partial charge >= 0.3 is 0 Å². The van der Waals surface area contributed by atoms with Crippen LogP contribution in [0.3, 0.4) is 0 Å². The summed E-state index contributed by atoms with van der Waals surface area (Å²) in [6.07, 6.45) is -0.0245. The van der Waals surface area contributed by atoms with Gasteiger partial charge in [-0.2, -0.15) is 0 Å². The van der Waals surface area contributed by atoms with Crippen LogP contribution in [0.4, 0.5) is 5.69 Å². The summed E-state index contributed by atoms with van der Waals surface area (Å²) in [7, 11) is 2.06. The quantitative estimate of drug-likeness (QED) is 0.827. The average Bonchev–Trinajstić information content (AvgIpc) is 2.92. The van der Waals surface area contributed by atoms with Crippen LogP contribution in [-0.2, 0) is 9.59 Å². The van der Waals surface area contributed by atoms with E-state index in [2.05, 4.69) is 27.6 Å². The van der Waals surface area contributed by atoms with Gasteiger partial charge in [-0.3, -0.25) is 14.9 Å². The molecule has 9 heteroatoms. The lowest BCUT2D eigenvalue weighted by Crippen LogP contribution is -2.50. The van der Waals surface area contributed by atoms with Crippen LogP contribution in [0.15, 0.2) is 23.2 Å². The van der Waals surface area contributed by atoms with Crippen molar-refractivity contribution in [2.24, 2.45) is 4.99 Å². The molecule has 1 atom stereocenters. The number of likely N-dealkylation sites (N-methyl/N-ethyl adjacent to an activating group) is 1. The Labute approximate surface area is 156 Å². The molecule has 0 bridgehead atoms. The predicted molar refractivity (Wildman–Crippen MR) is 98.1 cm³/mol. The number of carbonyl (C=O) groups excluding carboxylic acids is 2. The summed E-state index contributed by atoms with van der Waals surface area (Å²) in [5.41, 5.74) is 0.529. The summed E-state index contributed by atoms with van der Waals surface area (Å²) in [5, 5.41) is 6.25. The standard InChI is InChI=1S/C16H19Cl2N5O2/c1-22-4-6-23(7-5-22)16-20-13(15(25)21-16)9-14(24)19-10-2-3-11(17)12(18)8-10/h2-3,8,13H,4-7,9H2,1H3,(H,19,24)(H,20,21,25). The molecule has 134 valence electrons. The molecular formula is C16H19Cl2N5O2. The number of carbonyl (C=O) groups is 2. The zero-order valence-corrected chi connectivity index (χ0v) is 15.3. The molecule has 0 saturated carbocycles. The lowest BCUT2D eigenvalue weighted by atomic mass is 10.2. The normalized spacial score (nSPS) is 21.1. The molecule has 1 unspecified atom stereocenters. The molecule has 2 amide bonds. The van der Waals surface area contributed by atoms with Crippen molar-refractivity contribution in [2.75, 3.05) is 38.5 Å². The molecule has 25 heavy (non-hydrogen) atoms. The molecule has 2 N–H and O–H groups in total. The highest BCUT2D eigenvalue weighted by Crippen LogP contribution is 2.25. The van der Waals surface area contributed by atoms with Crippen molar-refractivity contribution in [3.05, 3.63) is 28.2 Å². The monoisotopic (exact) mass is 383 g/mol. The van der Waals surface area contributed by atoms with E-state index in [4.69, 9.17) is 23.2 Å². The molecule has 2 aliphatic rings. The number of anilines is 1. The van der Waals surface area contributed by atoms with Crippen molar-refractivity contribution in [3.8, 4) is 0 Å². The van der Waals surface area contributed by atoms with Gasteiger partial charge in [0, 0.05) is 31.9 Å². The van der Waals surface area contributed by atoms with Crippen LogP contribution in [0.1, 0.15) is 6.42 Å². The van der Waals surface area contributed by atoms with E-state index in [0.717, 1.165) is 26.2 Å². The number of rotatable bonds is 3. The summed E-state index contributed by atoms with van der Waals surface area (Å²) in [4.78, 5) is 32.9. The minimum Gasteiger partial charge on any atom is -0.340 e. The topological polar surface area (TPSA) is 77.0 Å². The Hall–Kier alpha value is -1.83. The van der Waals surface area contributed by atoms with Crippen LogP contribution < -0.4 is 10.6 Å². The number of amides is 2. The first-order valence-corrected chi connectivity index (χ1v) is 8.75. The number of nitrogens with zero attached hydrogens (tertiary/aromatic N) is 3. The summed E-state index contributed by atoms with van der Waals surface area (Å²) < 4.78 is 0. The summed E-state index contributed by atoms with van der Waals surface area (Å²) in [5.74, 6) is 0.00516. The van der Waals surface area contributed by atoms with Crippen LogP contribution in [-0.4, -0.2) is 66.8 Å². The predicted octanol–water partition coefficient (Wildman–Crippen LogP) is 1.42. The molecule has 1 aromatic rings. The number of hydrogen-bond donors (Lipinski definition) is 2. The summed E-state index contributed by atoms with van der Waals surface area (Å²) >= 11 is 11.8. The van der Waals surface area contributed by atoms with Crippen molar-refractivity contribution < 1.29 is 9.59 Å². The van der Waals surface area contributed by atoms with Gasteiger partial charge in [0.2, 0.25) is 11.9 Å². The Morgan fingerprint density at radius 2 is 2.00 bits per heavy atom. The van der Waals surface area contributed by atoms with Crippen molar-refractivity contribution in [1.29, 1.82) is 0 Å². The van der Waals surface area contributed by atoms with Crippen molar-refractivity contribution in [3.63, 3.8) is 0 Å². The Morgan fingerprint density at radius 3 is 2.68 bits per heavy atom. The third-order valence-corrected chi connectivity index (χ3v) is 4.94. The summed E-state index contributed by atoms with van der Waals surface area (Å²) in [6.45, 7) is 3.43. The van der Waals surface area contributed by atoms with E-state index in [1.165, 1.54) is 0 Å². The van der Waals surface area contributed by atoms with Gasteiger partial charge in [-0.05, 0) is 25.2 Å². The SMILES string of the molecule is CN1CCN(C2=NC(CC(=O)Nc3ccc(Cl)c(Cl)c3)C(=O)N2)CC1. The minimum absolute atomic E-state index is 0.0245. The van der Waals surface area contributed by atoms with E-state index in [1.54, 1.807) is 18.2 Å². The average molecular weight is 384 g/mol. The molecule has 1 fully saturated rings. The van der Waals surface area contributed by atoms with Crippen LogP contribution in [0.25, 0.3) is 0 Å². The lowest BCUT2D eigenvalue weighted by Gasteiger charge is -2.33. The number of hydrogen-bond acceptors (Lipinski definition) is 5. The molecular weight excluding hydrogens is 365 g/mol. The van der Waals surface area contributed by atoms with Gasteiger partial charge in [0.25, 0.3) is 5.91 Å². The molecule has 1 saturated heterocycles. The second-order valence-corrected chi connectivity index (χ2v) is 6.94. The summed E-state index contributed by atoms with van der Waals surface area (Å²) in [6, 6.07) is 4.11. The Morgan fingerprint density at radius 1 is 1.28 bits per heavy atom. The first-order valence-electron chi connectivity index (χ1n) is 7.99. The van der Waals surface area contributed by atoms with Gasteiger partial charge in [0.15, 0.2) is 0 Å². The van der Waals surface area contributed by atoms with Crippen molar-refractivity contribution in [1.82, 2.24) is 15.1 Å². The second-order valence-electron chi connectivity index (χ2n) is 6.13. The van der Waals surface area contributed by atoms with Crippen LogP contribution >= 0.6 is 23.2 Å². The Kier molecular flexibility index (Phi) is 5.46. The third-order valence-electron chi connectivity index (χ3n) is 4.20. The van der Waals surface area contributed by atoms with E-state index >= 15 is 0 Å². The zero-order chi connectivity index (χ0) is 18.0. The molecule has 7 nitrogen and oxygen atoms in total. The second kappa shape index (κ2) is 7.59. The maximum absolute atomic E-state index is 12.2. The van der Waals surface area contributed by atoms with Gasteiger partial charge in [0.05, 0.1) is 16.5 Å². The van der Waals surface area contributed by atoms with Gasteiger partial charge in [0.1, 0.15) is 6.04 Å². The van der Waals surface area contributed by atoms with E-state index < -0.39 is 6.04 Å². The number of benzene rings is 1. The largest absolute Gasteiger partial charge is 0.340 e. The maximum atomic E-state index is 12.2. The highest BCUT2D eigenvalue weighted by Gasteiger charge is 2.31. The fraction of sp³-hybridized carbons (Fsp3) is 0.438. The number of nitrogens with one attached hydrogen (secondary N) is 2. The molecule has 0 spiro atoms. The van der Waals surface area contributed by atoms with Crippen LogP contribution in [0, 0.1) is 0 Å². The number of aliphatic imine (C=N–C) groups is 1. The smallest absolute Gasteiger partial charge is 0.252 e. The molecule has 0 radical (unpaired) electrons. The minimum atomic E-state index is -0.711. The molecule has 2 aliphatic heterocycles. The van der Waals surface area contributed by atoms with E-state index in [9.17, 15) is 9.59 Å². The maximum Gasteiger partial charge on any atom is 0.252 e. The van der Waals surface area contributed by atoms with Crippen LogP contribution in [0.2, 0.25) is 10.0 Å². The Bertz CT molecular complexity index is 716. The van der Waals surface area contributed by atoms with E-state index in [0.29, 0.717) is 21.7 Å². The lowest BCUT2D eigenvalue weighted by molar-refractivity contribution is -0.124. The Balaban J connectivity index is 1.58. The molecule has 3 rings (SSSR count). The van der Waals surface area contributed by atoms with Gasteiger partial charge in [-0.1, -0.05) is 23.2 Å². The van der Waals surface area contributed by atoms with E-state index in [1.807, 2.05) is 4.90 Å². The van der Waals surface area contributed by atoms with E-state index in [-0.39, 0.29) is 18.2 Å².